The van der Waals surface area contributed by atoms with Gasteiger partial charge in [0.2, 0.25) is 15.9 Å². The molecule has 0 unspecified atom stereocenters. The summed E-state index contributed by atoms with van der Waals surface area (Å²) in [4.78, 5) is 14.6. The maximum absolute atomic E-state index is 12.1. The normalized spacial score (nSPS) is 11.7. The summed E-state index contributed by atoms with van der Waals surface area (Å²) < 4.78 is 32.1. The van der Waals surface area contributed by atoms with Crippen LogP contribution in [0.3, 0.4) is 0 Å². The molecule has 0 fully saturated rings. The van der Waals surface area contributed by atoms with Crippen LogP contribution in [0.15, 0.2) is 25.4 Å². The lowest BCUT2D eigenvalue weighted by molar-refractivity contribution is 0.0702. The maximum Gasteiger partial charge on any atom is 0.345 e. The third kappa shape index (κ3) is 3.70. The highest BCUT2D eigenvalue weighted by Crippen LogP contribution is 2.31. The lowest BCUT2D eigenvalue weighted by Crippen LogP contribution is -2.23. The van der Waals surface area contributed by atoms with E-state index in [0.29, 0.717) is 12.2 Å². The van der Waals surface area contributed by atoms with Crippen molar-refractivity contribution in [3.63, 3.8) is 0 Å². The number of aromatic nitrogens is 1. The molecule has 0 aliphatic heterocycles. The molecule has 2 rings (SSSR count). The van der Waals surface area contributed by atoms with Crippen LogP contribution < -0.4 is 4.72 Å². The van der Waals surface area contributed by atoms with E-state index < -0.39 is 16.0 Å². The Morgan fingerprint density at radius 2 is 2.29 bits per heavy atom. The second-order valence-corrected chi connectivity index (χ2v) is 8.06. The predicted molar refractivity (Wildman–Crippen MR) is 78.9 cm³/mol. The summed E-state index contributed by atoms with van der Waals surface area (Å²) in [5.41, 5.74) is 0. The highest BCUT2D eigenvalue weighted by Gasteiger charge is 2.23. The van der Waals surface area contributed by atoms with E-state index in [0.717, 1.165) is 17.4 Å². The second-order valence-electron chi connectivity index (χ2n) is 3.95. The van der Waals surface area contributed by atoms with E-state index in [-0.39, 0.29) is 26.0 Å². The van der Waals surface area contributed by atoms with Crippen molar-refractivity contribution >= 4 is 43.3 Å². The van der Waals surface area contributed by atoms with E-state index in [2.05, 4.69) is 25.6 Å². The molecule has 0 atom stereocenters. The number of hydrogen-bond acceptors (Lipinski definition) is 6. The van der Waals surface area contributed by atoms with Gasteiger partial charge < -0.3 is 9.52 Å². The summed E-state index contributed by atoms with van der Waals surface area (Å²) >= 11 is 3.90. The number of aromatic carboxylic acids is 1. The Kier molecular flexibility index (Phi) is 4.81. The lowest BCUT2D eigenvalue weighted by atomic mass is 10.4. The molecule has 0 aliphatic carbocycles. The van der Waals surface area contributed by atoms with Crippen molar-refractivity contribution in [2.45, 2.75) is 24.8 Å². The van der Waals surface area contributed by atoms with Crippen LogP contribution in [-0.2, 0) is 23.0 Å². The number of sulfonamides is 1. The molecule has 2 heterocycles. The molecule has 2 aromatic rings. The molecule has 0 aromatic carbocycles. The van der Waals surface area contributed by atoms with Crippen molar-refractivity contribution in [3.05, 3.63) is 32.6 Å². The fourth-order valence-corrected chi connectivity index (χ4v) is 4.84. The van der Waals surface area contributed by atoms with Gasteiger partial charge in [0.15, 0.2) is 0 Å². The second kappa shape index (κ2) is 6.26. The van der Waals surface area contributed by atoms with Crippen LogP contribution in [0.1, 0.15) is 28.2 Å². The number of aryl methyl sites for hydroxylation is 1. The number of carboxylic acids is 1. The number of carboxylic acid groups (broad SMARTS) is 1. The molecule has 21 heavy (non-hydrogen) atoms. The number of rotatable bonds is 6. The average Bonchev–Trinajstić information content (AvgIpc) is 3.03. The van der Waals surface area contributed by atoms with Crippen molar-refractivity contribution in [1.29, 1.82) is 0 Å². The molecule has 0 radical (unpaired) electrons. The molecule has 0 saturated heterocycles. The number of hydrogen-bond donors (Lipinski definition) is 2. The quantitative estimate of drug-likeness (QED) is 0.777. The largest absolute Gasteiger partial charge is 0.477 e. The van der Waals surface area contributed by atoms with Crippen molar-refractivity contribution in [1.82, 2.24) is 9.71 Å². The van der Waals surface area contributed by atoms with Gasteiger partial charge in [-0.25, -0.2) is 22.9 Å². The first-order valence-corrected chi connectivity index (χ1v) is 8.88. The molecule has 0 spiro atoms. The van der Waals surface area contributed by atoms with Crippen LogP contribution in [0.2, 0.25) is 0 Å². The van der Waals surface area contributed by atoms with Gasteiger partial charge in [-0.05, 0) is 22.0 Å². The third-order valence-corrected chi connectivity index (χ3v) is 6.16. The standard InChI is InChI=1S/C11H11BrN2O5S2/c1-2-6-4-13-9(19-6)5-14-21(17,18)8-3-7(11(15)16)20-10(8)12/h3-4,14H,2,5H2,1H3,(H,15,16). The lowest BCUT2D eigenvalue weighted by Gasteiger charge is -2.03. The molecular weight excluding hydrogens is 384 g/mol. The number of thiophene rings is 1. The maximum atomic E-state index is 12.1. The molecular formula is C11H11BrN2O5S2. The van der Waals surface area contributed by atoms with E-state index in [1.54, 1.807) is 0 Å². The van der Waals surface area contributed by atoms with Crippen LogP contribution in [0.25, 0.3) is 0 Å². The highest BCUT2D eigenvalue weighted by atomic mass is 79.9. The van der Waals surface area contributed by atoms with Crippen molar-refractivity contribution in [2.24, 2.45) is 0 Å². The van der Waals surface area contributed by atoms with E-state index >= 15 is 0 Å². The zero-order valence-electron chi connectivity index (χ0n) is 10.8. The fourth-order valence-electron chi connectivity index (χ4n) is 1.47. The Morgan fingerprint density at radius 3 is 2.81 bits per heavy atom. The average molecular weight is 395 g/mol. The van der Waals surface area contributed by atoms with Crippen LogP contribution in [-0.4, -0.2) is 24.5 Å². The summed E-state index contributed by atoms with van der Waals surface area (Å²) in [6.45, 7) is 1.79. The van der Waals surface area contributed by atoms with Gasteiger partial charge in [-0.1, -0.05) is 6.92 Å². The summed E-state index contributed by atoms with van der Waals surface area (Å²) in [6, 6.07) is 1.10. The van der Waals surface area contributed by atoms with Crippen molar-refractivity contribution < 1.29 is 22.7 Å². The number of nitrogens with one attached hydrogen (secondary N) is 1. The molecule has 10 heteroatoms. The molecule has 2 N–H and O–H groups in total. The zero-order valence-corrected chi connectivity index (χ0v) is 14.0. The van der Waals surface area contributed by atoms with Crippen molar-refractivity contribution in [2.75, 3.05) is 0 Å². The summed E-state index contributed by atoms with van der Waals surface area (Å²) in [5, 5.41) is 8.88. The number of halogens is 1. The third-order valence-electron chi connectivity index (χ3n) is 2.52. The molecule has 7 nitrogen and oxygen atoms in total. The number of nitrogens with zero attached hydrogens (tertiary/aromatic N) is 1. The summed E-state index contributed by atoms with van der Waals surface area (Å²) in [6.07, 6.45) is 2.20. The van der Waals surface area contributed by atoms with Crippen LogP contribution >= 0.6 is 27.3 Å². The Bertz CT molecular complexity index is 765. The van der Waals surface area contributed by atoms with E-state index in [1.165, 1.54) is 6.20 Å². The summed E-state index contributed by atoms with van der Waals surface area (Å²) in [7, 11) is -3.85. The van der Waals surface area contributed by atoms with Gasteiger partial charge in [-0.3, -0.25) is 0 Å². The number of carbonyl (C=O) groups is 1. The van der Waals surface area contributed by atoms with Crippen molar-refractivity contribution in [3.8, 4) is 0 Å². The Labute approximate surface area is 133 Å². The SMILES string of the molecule is CCc1cnc(CNS(=O)(=O)c2cc(C(=O)O)sc2Br)o1. The van der Waals surface area contributed by atoms with Gasteiger partial charge in [0.25, 0.3) is 0 Å². The van der Waals surface area contributed by atoms with Gasteiger partial charge >= 0.3 is 5.97 Å². The van der Waals surface area contributed by atoms with E-state index in [9.17, 15) is 13.2 Å². The van der Waals surface area contributed by atoms with Gasteiger partial charge in [-0.15, -0.1) is 11.3 Å². The smallest absolute Gasteiger partial charge is 0.345 e. The van der Waals surface area contributed by atoms with Gasteiger partial charge in [0, 0.05) is 6.42 Å². The van der Waals surface area contributed by atoms with E-state index in [1.807, 2.05) is 6.92 Å². The molecule has 0 aliphatic rings. The highest BCUT2D eigenvalue weighted by molar-refractivity contribution is 9.11. The Hall–Kier alpha value is -1.23. The topological polar surface area (TPSA) is 110 Å². The van der Waals surface area contributed by atoms with Crippen LogP contribution in [0, 0.1) is 0 Å². The van der Waals surface area contributed by atoms with E-state index in [4.69, 9.17) is 9.52 Å². The van der Waals surface area contributed by atoms with Gasteiger partial charge in [-0.2, -0.15) is 0 Å². The van der Waals surface area contributed by atoms with Crippen LogP contribution in [0.4, 0.5) is 0 Å². The fraction of sp³-hybridized carbons (Fsp3) is 0.273. The minimum absolute atomic E-state index is 0.0633. The molecule has 2 aromatic heterocycles. The first-order valence-electron chi connectivity index (χ1n) is 5.79. The predicted octanol–water partition coefficient (Wildman–Crippen LogP) is 2.24. The minimum atomic E-state index is -3.85. The Balaban J connectivity index is 2.16. The molecule has 0 saturated carbocycles. The number of oxazole rings is 1. The van der Waals surface area contributed by atoms with Gasteiger partial charge in [0.05, 0.1) is 16.5 Å². The summed E-state index contributed by atoms with van der Waals surface area (Å²) in [5.74, 6) is -0.267. The van der Waals surface area contributed by atoms with Crippen LogP contribution in [0.5, 0.6) is 0 Å². The molecule has 0 bridgehead atoms. The first kappa shape index (κ1) is 16.1. The molecule has 114 valence electrons. The first-order chi connectivity index (χ1) is 9.83. The monoisotopic (exact) mass is 394 g/mol. The molecule has 0 amide bonds. The zero-order chi connectivity index (χ0) is 15.6. The Morgan fingerprint density at radius 1 is 1.57 bits per heavy atom. The van der Waals surface area contributed by atoms with Gasteiger partial charge in [0.1, 0.15) is 15.5 Å². The minimum Gasteiger partial charge on any atom is -0.477 e.